The van der Waals surface area contributed by atoms with E-state index in [9.17, 15) is 19.7 Å². The molecule has 7 nitrogen and oxygen atoms in total. The van der Waals surface area contributed by atoms with Crippen molar-refractivity contribution in [2.24, 2.45) is 0 Å². The lowest BCUT2D eigenvalue weighted by atomic mass is 10.1. The number of amides is 2. The Morgan fingerprint density at radius 1 is 1.08 bits per heavy atom. The molecule has 1 atom stereocenters. The molecule has 0 saturated carbocycles. The summed E-state index contributed by atoms with van der Waals surface area (Å²) >= 11 is 0. The summed E-state index contributed by atoms with van der Waals surface area (Å²) in [7, 11) is 0. The van der Waals surface area contributed by atoms with Crippen molar-refractivity contribution in [2.45, 2.75) is 19.9 Å². The molecule has 0 saturated heterocycles. The minimum Gasteiger partial charge on any atom is -0.341 e. The largest absolute Gasteiger partial charge is 0.341 e. The van der Waals surface area contributed by atoms with Gasteiger partial charge in [-0.25, -0.2) is 0 Å². The Hall–Kier alpha value is -3.22. The van der Waals surface area contributed by atoms with Gasteiger partial charge in [0.15, 0.2) is 0 Å². The molecule has 0 radical (unpaired) electrons. The highest BCUT2D eigenvalue weighted by molar-refractivity contribution is 6.01. The van der Waals surface area contributed by atoms with Crippen LogP contribution in [-0.4, -0.2) is 22.8 Å². The Morgan fingerprint density at radius 2 is 1.75 bits per heavy atom. The van der Waals surface area contributed by atoms with Crippen molar-refractivity contribution in [3.05, 3.63) is 69.8 Å². The van der Waals surface area contributed by atoms with Crippen LogP contribution in [0.2, 0.25) is 0 Å². The van der Waals surface area contributed by atoms with Crippen LogP contribution in [-0.2, 0) is 4.79 Å². The van der Waals surface area contributed by atoms with Gasteiger partial charge in [-0.3, -0.25) is 19.7 Å². The molecule has 0 heterocycles. The third-order valence-corrected chi connectivity index (χ3v) is 3.54. The zero-order valence-corrected chi connectivity index (χ0v) is 13.3. The normalized spacial score (nSPS) is 11.4. The van der Waals surface area contributed by atoms with Crippen molar-refractivity contribution in [1.82, 2.24) is 5.32 Å². The summed E-state index contributed by atoms with van der Waals surface area (Å²) in [5.41, 5.74) is 1.07. The van der Waals surface area contributed by atoms with E-state index >= 15 is 0 Å². The molecule has 0 aromatic heterocycles. The highest BCUT2D eigenvalue weighted by Gasteiger charge is 2.19. The van der Waals surface area contributed by atoms with Gasteiger partial charge in [0, 0.05) is 11.6 Å². The molecule has 2 N–H and O–H groups in total. The van der Waals surface area contributed by atoms with Gasteiger partial charge in [-0.1, -0.05) is 24.3 Å². The van der Waals surface area contributed by atoms with Gasteiger partial charge < -0.3 is 10.6 Å². The maximum absolute atomic E-state index is 12.2. The molecule has 24 heavy (non-hydrogen) atoms. The number of hydrogen-bond donors (Lipinski definition) is 2. The molecular weight excluding hydrogens is 310 g/mol. The first-order valence-corrected chi connectivity index (χ1v) is 7.31. The second-order valence-electron chi connectivity index (χ2n) is 5.26. The fourth-order valence-corrected chi connectivity index (χ4v) is 2.13. The molecule has 2 rings (SSSR count). The van der Waals surface area contributed by atoms with Crippen molar-refractivity contribution >= 4 is 23.2 Å². The highest BCUT2D eigenvalue weighted by atomic mass is 16.6. The van der Waals surface area contributed by atoms with E-state index in [4.69, 9.17) is 0 Å². The summed E-state index contributed by atoms with van der Waals surface area (Å²) in [4.78, 5) is 34.7. The number of nitro groups is 1. The number of hydrogen-bond acceptors (Lipinski definition) is 4. The van der Waals surface area contributed by atoms with Crippen molar-refractivity contribution in [3.63, 3.8) is 0 Å². The molecule has 7 heteroatoms. The third kappa shape index (κ3) is 3.95. The van der Waals surface area contributed by atoms with E-state index in [0.717, 1.165) is 0 Å². The first-order chi connectivity index (χ1) is 11.4. The smallest absolute Gasteiger partial charge is 0.274 e. The molecule has 0 aliphatic rings. The number of anilines is 1. The highest BCUT2D eigenvalue weighted by Crippen LogP contribution is 2.25. The van der Waals surface area contributed by atoms with Crippen LogP contribution in [0, 0.1) is 17.0 Å². The Bertz CT molecular complexity index is 775. The van der Waals surface area contributed by atoms with Gasteiger partial charge in [-0.15, -0.1) is 0 Å². The predicted octanol–water partition coefficient (Wildman–Crippen LogP) is 2.66. The molecule has 0 fully saturated rings. The van der Waals surface area contributed by atoms with Gasteiger partial charge >= 0.3 is 0 Å². The standard InChI is InChI=1S/C17H17N3O4/c1-11-14(9-6-10-15(11)20(23)24)19-16(21)12(2)18-17(22)13-7-4-3-5-8-13/h3-10,12H,1-2H3,(H,18,22)(H,19,21). The Morgan fingerprint density at radius 3 is 2.38 bits per heavy atom. The topological polar surface area (TPSA) is 101 Å². The summed E-state index contributed by atoms with van der Waals surface area (Å²) in [5.74, 6) is -0.822. The minimum absolute atomic E-state index is 0.0752. The van der Waals surface area contributed by atoms with Crippen LogP contribution in [0.1, 0.15) is 22.8 Å². The Kier molecular flexibility index (Phi) is 5.26. The number of benzene rings is 2. The molecule has 0 spiro atoms. The van der Waals surface area contributed by atoms with Crippen LogP contribution in [0.3, 0.4) is 0 Å². The van der Waals surface area contributed by atoms with E-state index in [-0.39, 0.29) is 11.6 Å². The maximum Gasteiger partial charge on any atom is 0.274 e. The fourth-order valence-electron chi connectivity index (χ4n) is 2.13. The van der Waals surface area contributed by atoms with Gasteiger partial charge in [0.2, 0.25) is 5.91 Å². The maximum atomic E-state index is 12.2. The molecule has 1 unspecified atom stereocenters. The molecule has 2 aromatic rings. The summed E-state index contributed by atoms with van der Waals surface area (Å²) in [6.07, 6.45) is 0. The molecule has 0 aliphatic carbocycles. The molecule has 2 amide bonds. The number of carbonyl (C=O) groups excluding carboxylic acids is 2. The predicted molar refractivity (Wildman–Crippen MR) is 89.8 cm³/mol. The van der Waals surface area contributed by atoms with Crippen molar-refractivity contribution in [2.75, 3.05) is 5.32 Å². The number of rotatable bonds is 5. The number of nitrogens with one attached hydrogen (secondary N) is 2. The van der Waals surface area contributed by atoms with Gasteiger partial charge in [-0.2, -0.15) is 0 Å². The lowest BCUT2D eigenvalue weighted by Crippen LogP contribution is -2.41. The van der Waals surface area contributed by atoms with E-state index in [1.54, 1.807) is 50.2 Å². The van der Waals surface area contributed by atoms with Crippen LogP contribution >= 0.6 is 0 Å². The summed E-state index contributed by atoms with van der Waals surface area (Å²) in [6.45, 7) is 3.10. The van der Waals surface area contributed by atoms with E-state index < -0.39 is 16.9 Å². The molecule has 0 bridgehead atoms. The average Bonchev–Trinajstić information content (AvgIpc) is 2.57. The van der Waals surface area contributed by atoms with Crippen LogP contribution in [0.25, 0.3) is 0 Å². The lowest BCUT2D eigenvalue weighted by molar-refractivity contribution is -0.385. The Balaban J connectivity index is 2.06. The van der Waals surface area contributed by atoms with Crippen LogP contribution < -0.4 is 10.6 Å². The van der Waals surface area contributed by atoms with Gasteiger partial charge in [0.25, 0.3) is 11.6 Å². The van der Waals surface area contributed by atoms with E-state index in [2.05, 4.69) is 10.6 Å². The molecule has 2 aromatic carbocycles. The fraction of sp³-hybridized carbons (Fsp3) is 0.176. The SMILES string of the molecule is Cc1c(NC(=O)C(C)NC(=O)c2ccccc2)cccc1[N+](=O)[O-]. The first kappa shape index (κ1) is 17.1. The third-order valence-electron chi connectivity index (χ3n) is 3.54. The minimum atomic E-state index is -0.795. The summed E-state index contributed by atoms with van der Waals surface area (Å²) < 4.78 is 0. The van der Waals surface area contributed by atoms with Crippen LogP contribution in [0.4, 0.5) is 11.4 Å². The van der Waals surface area contributed by atoms with Gasteiger partial charge in [0.05, 0.1) is 16.2 Å². The van der Waals surface area contributed by atoms with Crippen LogP contribution in [0.5, 0.6) is 0 Å². The monoisotopic (exact) mass is 327 g/mol. The second-order valence-corrected chi connectivity index (χ2v) is 5.26. The van der Waals surface area contributed by atoms with E-state index in [1.165, 1.54) is 12.1 Å². The number of nitro benzene ring substituents is 1. The van der Waals surface area contributed by atoms with Crippen molar-refractivity contribution in [3.8, 4) is 0 Å². The quantitative estimate of drug-likeness (QED) is 0.651. The molecule has 124 valence electrons. The van der Waals surface area contributed by atoms with Crippen molar-refractivity contribution in [1.29, 1.82) is 0 Å². The summed E-state index contributed by atoms with van der Waals surface area (Å²) in [5, 5.41) is 16.1. The lowest BCUT2D eigenvalue weighted by Gasteiger charge is -2.15. The van der Waals surface area contributed by atoms with Gasteiger partial charge in [0.1, 0.15) is 6.04 Å². The zero-order chi connectivity index (χ0) is 17.7. The van der Waals surface area contributed by atoms with Crippen molar-refractivity contribution < 1.29 is 14.5 Å². The van der Waals surface area contributed by atoms with E-state index in [0.29, 0.717) is 16.8 Å². The van der Waals surface area contributed by atoms with Gasteiger partial charge in [-0.05, 0) is 32.0 Å². The number of carbonyl (C=O) groups is 2. The van der Waals surface area contributed by atoms with E-state index in [1.807, 2.05) is 0 Å². The Labute approximate surface area is 138 Å². The first-order valence-electron chi connectivity index (χ1n) is 7.31. The zero-order valence-electron chi connectivity index (χ0n) is 13.3. The average molecular weight is 327 g/mol. The molecule has 0 aliphatic heterocycles. The number of nitrogens with zero attached hydrogens (tertiary/aromatic N) is 1. The van der Waals surface area contributed by atoms with Crippen LogP contribution in [0.15, 0.2) is 48.5 Å². The second kappa shape index (κ2) is 7.36. The summed E-state index contributed by atoms with van der Waals surface area (Å²) in [6, 6.07) is 12.2. The molecular formula is C17H17N3O4.